The van der Waals surface area contributed by atoms with Gasteiger partial charge in [-0.3, -0.25) is 0 Å². The lowest BCUT2D eigenvalue weighted by Gasteiger charge is -2.06. The number of rotatable bonds is 0. The molecule has 4 heteroatoms. The summed E-state index contributed by atoms with van der Waals surface area (Å²) in [6.45, 7) is 3.93. The number of hydrogen-bond acceptors (Lipinski definition) is 4. The molecule has 4 nitrogen and oxygen atoms in total. The molecule has 1 heterocycles. The van der Waals surface area contributed by atoms with E-state index in [1.165, 1.54) is 0 Å². The van der Waals surface area contributed by atoms with Crippen molar-refractivity contribution in [2.45, 2.75) is 13.8 Å². The van der Waals surface area contributed by atoms with Crippen LogP contribution in [0.25, 0.3) is 22.1 Å². The number of anilines is 2. The number of nitrogens with two attached hydrogens (primary N) is 2. The number of nitrogen functional groups attached to an aromatic ring is 2. The van der Waals surface area contributed by atoms with Crippen LogP contribution in [0.15, 0.2) is 24.3 Å². The van der Waals surface area contributed by atoms with Gasteiger partial charge < -0.3 is 11.5 Å². The molecule has 0 fully saturated rings. The number of benzene rings is 2. The fraction of sp³-hybridized carbons (Fsp3) is 0.143. The van der Waals surface area contributed by atoms with Gasteiger partial charge in [-0.1, -0.05) is 0 Å². The molecular weight excluding hydrogens is 224 g/mol. The molecule has 0 aliphatic heterocycles. The molecule has 0 radical (unpaired) electrons. The first-order valence-corrected chi connectivity index (χ1v) is 5.78. The number of hydrogen-bond donors (Lipinski definition) is 2. The number of nitrogens with zero attached hydrogens (tertiary/aromatic N) is 2. The molecule has 0 saturated heterocycles. The van der Waals surface area contributed by atoms with Crippen molar-refractivity contribution in [3.8, 4) is 0 Å². The van der Waals surface area contributed by atoms with Crippen LogP contribution in [0, 0.1) is 13.8 Å². The zero-order chi connectivity index (χ0) is 12.9. The summed E-state index contributed by atoms with van der Waals surface area (Å²) in [4.78, 5) is 9.17. The van der Waals surface area contributed by atoms with Gasteiger partial charge in [-0.25, -0.2) is 9.97 Å². The van der Waals surface area contributed by atoms with Gasteiger partial charge in [0.25, 0.3) is 0 Å². The number of fused-ring (bicyclic) bond motifs is 2. The van der Waals surface area contributed by atoms with E-state index in [2.05, 4.69) is 9.97 Å². The molecule has 18 heavy (non-hydrogen) atoms. The monoisotopic (exact) mass is 238 g/mol. The summed E-state index contributed by atoms with van der Waals surface area (Å²) in [6.07, 6.45) is 0. The van der Waals surface area contributed by atoms with Crippen molar-refractivity contribution in [1.82, 2.24) is 9.97 Å². The predicted molar refractivity (Wildman–Crippen MR) is 75.3 cm³/mol. The molecule has 90 valence electrons. The Labute approximate surface area is 105 Å². The summed E-state index contributed by atoms with van der Waals surface area (Å²) >= 11 is 0. The van der Waals surface area contributed by atoms with E-state index in [1.54, 1.807) is 0 Å². The first kappa shape index (κ1) is 10.8. The van der Waals surface area contributed by atoms with E-state index < -0.39 is 0 Å². The standard InChI is InChI=1S/C14H14N4/c1-7-3-11-13(5-9(7)15)18-14-6-10(16)8(2)4-12(14)17-11/h3-6H,15-16H2,1-2H3. The first-order valence-electron chi connectivity index (χ1n) is 5.78. The largest absolute Gasteiger partial charge is 0.398 e. The summed E-state index contributed by atoms with van der Waals surface area (Å²) in [7, 11) is 0. The Kier molecular flexibility index (Phi) is 2.13. The summed E-state index contributed by atoms with van der Waals surface area (Å²) in [5.41, 5.74) is 18.6. The van der Waals surface area contributed by atoms with Gasteiger partial charge in [-0.05, 0) is 49.2 Å². The minimum atomic E-state index is 0.733. The highest BCUT2D eigenvalue weighted by atomic mass is 14.8. The molecule has 4 N–H and O–H groups in total. The maximum Gasteiger partial charge on any atom is 0.0915 e. The average Bonchev–Trinajstić information content (AvgIpc) is 2.31. The lowest BCUT2D eigenvalue weighted by atomic mass is 10.1. The third-order valence-corrected chi connectivity index (χ3v) is 3.21. The third-order valence-electron chi connectivity index (χ3n) is 3.21. The lowest BCUT2D eigenvalue weighted by molar-refractivity contribution is 1.36. The van der Waals surface area contributed by atoms with Crippen LogP contribution in [0.3, 0.4) is 0 Å². The quantitative estimate of drug-likeness (QED) is 0.466. The molecule has 0 aliphatic carbocycles. The Morgan fingerprint density at radius 2 is 1.00 bits per heavy atom. The van der Waals surface area contributed by atoms with Crippen LogP contribution >= 0.6 is 0 Å². The highest BCUT2D eigenvalue weighted by molar-refractivity contribution is 5.90. The van der Waals surface area contributed by atoms with Gasteiger partial charge in [0.1, 0.15) is 0 Å². The smallest absolute Gasteiger partial charge is 0.0915 e. The maximum absolute atomic E-state index is 5.89. The van der Waals surface area contributed by atoms with Gasteiger partial charge >= 0.3 is 0 Å². The van der Waals surface area contributed by atoms with Crippen LogP contribution in [0.5, 0.6) is 0 Å². The van der Waals surface area contributed by atoms with Gasteiger partial charge in [0.05, 0.1) is 22.1 Å². The molecule has 1 aromatic heterocycles. The molecule has 0 amide bonds. The zero-order valence-electron chi connectivity index (χ0n) is 10.4. The Bertz CT molecular complexity index is 649. The minimum absolute atomic E-state index is 0.733. The second kappa shape index (κ2) is 3.57. The minimum Gasteiger partial charge on any atom is -0.398 e. The summed E-state index contributed by atoms with van der Waals surface area (Å²) in [5, 5.41) is 0. The van der Waals surface area contributed by atoms with Gasteiger partial charge in [0, 0.05) is 11.4 Å². The molecule has 0 unspecified atom stereocenters. The van der Waals surface area contributed by atoms with Crippen molar-refractivity contribution < 1.29 is 0 Å². The van der Waals surface area contributed by atoms with Gasteiger partial charge in [0.2, 0.25) is 0 Å². The molecule has 0 saturated carbocycles. The fourth-order valence-corrected chi connectivity index (χ4v) is 2.01. The number of aromatic nitrogens is 2. The Morgan fingerprint density at radius 3 is 1.39 bits per heavy atom. The van der Waals surface area contributed by atoms with Crippen LogP contribution < -0.4 is 11.5 Å². The highest BCUT2D eigenvalue weighted by Crippen LogP contribution is 2.24. The van der Waals surface area contributed by atoms with E-state index in [0.29, 0.717) is 0 Å². The Hall–Kier alpha value is -2.36. The van der Waals surface area contributed by atoms with Crippen molar-refractivity contribution in [2.24, 2.45) is 0 Å². The van der Waals surface area contributed by atoms with Crippen molar-refractivity contribution >= 4 is 33.4 Å². The number of aryl methyl sites for hydroxylation is 2. The average molecular weight is 238 g/mol. The summed E-state index contributed by atoms with van der Waals surface area (Å²) < 4.78 is 0. The van der Waals surface area contributed by atoms with E-state index >= 15 is 0 Å². The molecule has 3 rings (SSSR count). The topological polar surface area (TPSA) is 77.8 Å². The van der Waals surface area contributed by atoms with Crippen molar-refractivity contribution in [3.63, 3.8) is 0 Å². The zero-order valence-corrected chi connectivity index (χ0v) is 10.4. The summed E-state index contributed by atoms with van der Waals surface area (Å²) in [5.74, 6) is 0. The maximum atomic E-state index is 5.89. The lowest BCUT2D eigenvalue weighted by Crippen LogP contribution is -1.95. The fourth-order valence-electron chi connectivity index (χ4n) is 2.01. The normalized spacial score (nSPS) is 11.2. The Morgan fingerprint density at radius 1 is 0.667 bits per heavy atom. The molecule has 0 spiro atoms. The summed E-state index contributed by atoms with van der Waals surface area (Å²) in [6, 6.07) is 7.63. The molecular formula is C14H14N4. The molecule has 0 atom stereocenters. The van der Waals surface area contributed by atoms with Gasteiger partial charge in [0.15, 0.2) is 0 Å². The van der Waals surface area contributed by atoms with E-state index in [0.717, 1.165) is 44.6 Å². The van der Waals surface area contributed by atoms with Gasteiger partial charge in [-0.2, -0.15) is 0 Å². The van der Waals surface area contributed by atoms with E-state index in [9.17, 15) is 0 Å². The van der Waals surface area contributed by atoms with Gasteiger partial charge in [-0.15, -0.1) is 0 Å². The molecule has 0 aliphatic rings. The van der Waals surface area contributed by atoms with E-state index in [4.69, 9.17) is 11.5 Å². The van der Waals surface area contributed by atoms with Crippen LogP contribution in [-0.2, 0) is 0 Å². The van der Waals surface area contributed by atoms with E-state index in [1.807, 2.05) is 38.1 Å². The van der Waals surface area contributed by atoms with Crippen LogP contribution in [0.2, 0.25) is 0 Å². The van der Waals surface area contributed by atoms with Crippen molar-refractivity contribution in [3.05, 3.63) is 35.4 Å². The third kappa shape index (κ3) is 1.54. The second-order valence-corrected chi connectivity index (χ2v) is 4.62. The SMILES string of the molecule is Cc1cc2nc3cc(C)c(N)cc3nc2cc1N. The van der Waals surface area contributed by atoms with Crippen LogP contribution in [-0.4, -0.2) is 9.97 Å². The highest BCUT2D eigenvalue weighted by Gasteiger charge is 2.06. The van der Waals surface area contributed by atoms with Crippen molar-refractivity contribution in [1.29, 1.82) is 0 Å². The van der Waals surface area contributed by atoms with Crippen LogP contribution in [0.4, 0.5) is 11.4 Å². The predicted octanol–water partition coefficient (Wildman–Crippen LogP) is 2.56. The van der Waals surface area contributed by atoms with Crippen molar-refractivity contribution in [2.75, 3.05) is 11.5 Å². The molecule has 0 bridgehead atoms. The van der Waals surface area contributed by atoms with Crippen LogP contribution in [0.1, 0.15) is 11.1 Å². The second-order valence-electron chi connectivity index (χ2n) is 4.62. The Balaban J connectivity index is 2.43. The molecule has 3 aromatic rings. The van der Waals surface area contributed by atoms with E-state index in [-0.39, 0.29) is 0 Å². The molecule has 2 aromatic carbocycles. The first-order chi connectivity index (χ1) is 8.54.